The van der Waals surface area contributed by atoms with Crippen LogP contribution in [-0.2, 0) is 22.6 Å². The molecule has 3 saturated carbocycles. The normalized spacial score (nSPS) is 26.4. The Morgan fingerprint density at radius 3 is 2.43 bits per heavy atom. The molecule has 292 valence electrons. The molecule has 0 spiro atoms. The lowest BCUT2D eigenvalue weighted by Gasteiger charge is -2.62. The Morgan fingerprint density at radius 2 is 1.78 bits per heavy atom. The maximum Gasteiger partial charge on any atom is 0.251 e. The van der Waals surface area contributed by atoms with Gasteiger partial charge in [-0.15, -0.1) is 0 Å². The van der Waals surface area contributed by atoms with Crippen LogP contribution in [-0.4, -0.2) is 92.8 Å². The summed E-state index contributed by atoms with van der Waals surface area (Å²) in [4.78, 5) is 36.0. The highest BCUT2D eigenvalue weighted by atomic mass is 16.7. The number of ether oxygens (including phenoxy) is 2. The highest BCUT2D eigenvalue weighted by molar-refractivity contribution is 5.97. The Balaban J connectivity index is 1.25. The van der Waals surface area contributed by atoms with Crippen LogP contribution in [0.3, 0.4) is 0 Å². The highest BCUT2D eigenvalue weighted by Crippen LogP contribution is 2.61. The first-order chi connectivity index (χ1) is 25.8. The molecule has 4 fully saturated rings. The number of fused-ring (bicyclic) bond motifs is 2. The zero-order valence-electron chi connectivity index (χ0n) is 33.0. The lowest BCUT2D eigenvalue weighted by atomic mass is 9.45. The molecule has 3 aromatic carbocycles. The number of para-hydroxylation sites is 2. The van der Waals surface area contributed by atoms with Crippen LogP contribution >= 0.6 is 0 Å². The van der Waals surface area contributed by atoms with Gasteiger partial charge in [0, 0.05) is 55.0 Å². The van der Waals surface area contributed by atoms with Crippen molar-refractivity contribution in [2.75, 3.05) is 46.4 Å². The maximum absolute atomic E-state index is 14.2. The van der Waals surface area contributed by atoms with Gasteiger partial charge >= 0.3 is 0 Å². The van der Waals surface area contributed by atoms with Gasteiger partial charge in [-0.1, -0.05) is 57.2 Å². The lowest BCUT2D eigenvalue weighted by molar-refractivity contribution is -0.183. The summed E-state index contributed by atoms with van der Waals surface area (Å²) in [6.45, 7) is 8.81. The number of amides is 2. The van der Waals surface area contributed by atoms with E-state index in [4.69, 9.17) is 14.3 Å². The summed E-state index contributed by atoms with van der Waals surface area (Å²) in [5.74, 6) is 1.77. The number of carbonyl (C=O) groups excluding carboxylic acids is 2. The standard InChI is InChI=1S/C43H58N4O7/c1-25-34-21-31(43(34,3)4)22-35(25)45-42(51)39-38(26(2)49)37(24-48)54-47(39)23-28-13-11-14-33(40(28)53-8)29-18-30(20-32(19-29)46(5)6)41(50)44-17-16-27-12-9-10-15-36(27)52-7/h9-15,18-20,25-26,31,34-35,37-39,48-49H,16-17,21-24H2,1-8H3,(H,44,50)(H,45,51)/t25-,26-,31+,34+,35?,37-,38+,39-/m0/s1. The number of hydroxylamine groups is 2. The van der Waals surface area contributed by atoms with E-state index < -0.39 is 24.2 Å². The van der Waals surface area contributed by atoms with Crippen LogP contribution in [0.5, 0.6) is 11.5 Å². The average molecular weight is 743 g/mol. The Hall–Kier alpha value is -4.16. The summed E-state index contributed by atoms with van der Waals surface area (Å²) in [5, 5.41) is 29.3. The minimum Gasteiger partial charge on any atom is -0.496 e. The molecule has 3 aromatic rings. The predicted molar refractivity (Wildman–Crippen MR) is 209 cm³/mol. The molecule has 1 saturated heterocycles. The highest BCUT2D eigenvalue weighted by Gasteiger charge is 2.57. The average Bonchev–Trinajstić information content (AvgIpc) is 3.53. The van der Waals surface area contributed by atoms with Crippen molar-refractivity contribution in [2.45, 2.75) is 77.8 Å². The molecule has 4 aliphatic rings. The van der Waals surface area contributed by atoms with Crippen molar-refractivity contribution in [2.24, 2.45) is 29.1 Å². The number of aliphatic hydroxyl groups is 2. The van der Waals surface area contributed by atoms with Crippen molar-refractivity contribution in [1.82, 2.24) is 15.7 Å². The van der Waals surface area contributed by atoms with E-state index in [1.807, 2.05) is 79.7 Å². The zero-order valence-corrected chi connectivity index (χ0v) is 33.0. The molecule has 3 aliphatic carbocycles. The summed E-state index contributed by atoms with van der Waals surface area (Å²) < 4.78 is 11.5. The minimum atomic E-state index is -0.902. The number of benzene rings is 3. The number of hydrogen-bond acceptors (Lipinski definition) is 9. The molecule has 1 unspecified atom stereocenters. The van der Waals surface area contributed by atoms with Gasteiger partial charge < -0.3 is 35.2 Å². The second kappa shape index (κ2) is 16.3. The van der Waals surface area contributed by atoms with E-state index in [1.165, 1.54) is 6.42 Å². The third-order valence-corrected chi connectivity index (χ3v) is 12.6. The van der Waals surface area contributed by atoms with Gasteiger partial charge in [0.05, 0.1) is 33.5 Å². The van der Waals surface area contributed by atoms with Crippen LogP contribution in [0.1, 0.15) is 62.0 Å². The molecule has 11 nitrogen and oxygen atoms in total. The smallest absolute Gasteiger partial charge is 0.251 e. The molecule has 54 heavy (non-hydrogen) atoms. The van der Waals surface area contributed by atoms with Crippen molar-refractivity contribution in [3.8, 4) is 22.6 Å². The van der Waals surface area contributed by atoms with Crippen LogP contribution in [0.2, 0.25) is 0 Å². The first-order valence-corrected chi connectivity index (χ1v) is 19.2. The molecule has 11 heteroatoms. The van der Waals surface area contributed by atoms with Crippen LogP contribution in [0.15, 0.2) is 60.7 Å². The Labute approximate surface area is 319 Å². The van der Waals surface area contributed by atoms with Crippen LogP contribution in [0, 0.1) is 29.1 Å². The van der Waals surface area contributed by atoms with Gasteiger partial charge in [0.1, 0.15) is 23.6 Å². The molecular formula is C43H58N4O7. The van der Waals surface area contributed by atoms with Gasteiger partial charge in [-0.3, -0.25) is 14.4 Å². The minimum absolute atomic E-state index is 0.0355. The van der Waals surface area contributed by atoms with E-state index in [1.54, 1.807) is 26.2 Å². The molecule has 0 radical (unpaired) electrons. The number of carbonyl (C=O) groups is 2. The second-order valence-corrected chi connectivity index (χ2v) is 16.2. The van der Waals surface area contributed by atoms with Crippen LogP contribution < -0.4 is 25.0 Å². The fraction of sp³-hybridized carbons (Fsp3) is 0.535. The van der Waals surface area contributed by atoms with Crippen LogP contribution in [0.4, 0.5) is 5.69 Å². The molecular weight excluding hydrogens is 684 g/mol. The third-order valence-electron chi connectivity index (χ3n) is 12.6. The SMILES string of the molecule is COc1ccccc1CCNC(=O)c1cc(-c2cccc(CN3O[C@@H](CO)[C@@H]([C@H](C)O)[C@H]3C(=O)NC3C[C@H]4C[C@H]([C@@H]3C)C4(C)C)c2OC)cc(N(C)C)c1. The Bertz CT molecular complexity index is 1810. The van der Waals surface area contributed by atoms with Crippen molar-refractivity contribution in [3.05, 3.63) is 77.4 Å². The summed E-state index contributed by atoms with van der Waals surface area (Å²) in [6, 6.07) is 18.5. The molecule has 2 amide bonds. The van der Waals surface area contributed by atoms with Gasteiger partial charge in [-0.2, -0.15) is 5.06 Å². The zero-order chi connectivity index (χ0) is 38.9. The topological polar surface area (TPSA) is 133 Å². The molecule has 8 atom stereocenters. The monoisotopic (exact) mass is 742 g/mol. The van der Waals surface area contributed by atoms with E-state index in [-0.39, 0.29) is 36.4 Å². The lowest BCUT2D eigenvalue weighted by Crippen LogP contribution is -2.62. The van der Waals surface area contributed by atoms with E-state index in [0.29, 0.717) is 42.0 Å². The van der Waals surface area contributed by atoms with Gasteiger partial charge in [0.2, 0.25) is 5.91 Å². The van der Waals surface area contributed by atoms with Gasteiger partial charge in [0.15, 0.2) is 0 Å². The Kier molecular flexibility index (Phi) is 11.9. The van der Waals surface area contributed by atoms with Crippen molar-refractivity contribution in [1.29, 1.82) is 0 Å². The number of hydrogen-bond donors (Lipinski definition) is 4. The summed E-state index contributed by atoms with van der Waals surface area (Å²) >= 11 is 0. The fourth-order valence-electron chi connectivity index (χ4n) is 9.31. The van der Waals surface area contributed by atoms with Crippen molar-refractivity contribution < 1.29 is 34.1 Å². The molecule has 1 aliphatic heterocycles. The van der Waals surface area contributed by atoms with Gasteiger partial charge in [-0.25, -0.2) is 0 Å². The molecule has 2 bridgehead atoms. The number of nitrogens with zero attached hydrogens (tertiary/aromatic N) is 2. The van der Waals surface area contributed by atoms with Gasteiger partial charge in [0.25, 0.3) is 5.91 Å². The first-order valence-electron chi connectivity index (χ1n) is 19.2. The van der Waals surface area contributed by atoms with E-state index >= 15 is 0 Å². The fourth-order valence-corrected chi connectivity index (χ4v) is 9.31. The van der Waals surface area contributed by atoms with Crippen LogP contribution in [0.25, 0.3) is 11.1 Å². The van der Waals surface area contributed by atoms with Crippen molar-refractivity contribution >= 4 is 17.5 Å². The van der Waals surface area contributed by atoms with Crippen molar-refractivity contribution in [3.63, 3.8) is 0 Å². The number of methoxy groups -OCH3 is 2. The summed E-state index contributed by atoms with van der Waals surface area (Å²) in [5.41, 5.74) is 4.95. The van der Waals surface area contributed by atoms with E-state index in [2.05, 4.69) is 31.4 Å². The second-order valence-electron chi connectivity index (χ2n) is 16.2. The summed E-state index contributed by atoms with van der Waals surface area (Å²) in [6.07, 6.45) is 1.09. The molecule has 4 N–H and O–H groups in total. The number of anilines is 1. The molecule has 0 aromatic heterocycles. The Morgan fingerprint density at radius 1 is 1.04 bits per heavy atom. The number of nitrogens with one attached hydrogen (secondary N) is 2. The van der Waals surface area contributed by atoms with E-state index in [9.17, 15) is 19.8 Å². The quantitative estimate of drug-likeness (QED) is 0.179. The molecule has 1 heterocycles. The number of rotatable bonds is 14. The van der Waals surface area contributed by atoms with E-state index in [0.717, 1.165) is 40.1 Å². The van der Waals surface area contributed by atoms with Gasteiger partial charge in [-0.05, 0) is 84.7 Å². The largest absolute Gasteiger partial charge is 0.496 e. The third kappa shape index (κ3) is 7.69. The number of aliphatic hydroxyl groups excluding tert-OH is 2. The maximum atomic E-state index is 14.2. The first kappa shape index (κ1) is 39.5. The molecule has 7 rings (SSSR count). The summed E-state index contributed by atoms with van der Waals surface area (Å²) in [7, 11) is 7.10. The predicted octanol–water partition coefficient (Wildman–Crippen LogP) is 5.07.